The van der Waals surface area contributed by atoms with Crippen molar-refractivity contribution in [1.82, 2.24) is 4.90 Å². The minimum Gasteiger partial charge on any atom is -0.489 e. The summed E-state index contributed by atoms with van der Waals surface area (Å²) in [6.45, 7) is 0.869. The molecule has 0 fully saturated rings. The van der Waals surface area contributed by atoms with Crippen molar-refractivity contribution < 1.29 is 27.9 Å². The molecule has 0 radical (unpaired) electrons. The predicted octanol–water partition coefficient (Wildman–Crippen LogP) is 4.70. The molecule has 10 heteroatoms. The number of aliphatic hydroxyl groups is 2. The Bertz CT molecular complexity index is 1270. The maximum Gasteiger partial charge on any atom is 0.294 e. The highest BCUT2D eigenvalue weighted by molar-refractivity contribution is 7.85. The van der Waals surface area contributed by atoms with Crippen molar-refractivity contribution in [1.29, 1.82) is 0 Å². The monoisotopic (exact) mass is 551 g/mol. The summed E-state index contributed by atoms with van der Waals surface area (Å²) in [7, 11) is -4.29. The first-order chi connectivity index (χ1) is 17.1. The van der Waals surface area contributed by atoms with E-state index in [4.69, 9.17) is 27.9 Å². The van der Waals surface area contributed by atoms with Crippen molar-refractivity contribution in [2.45, 2.75) is 36.0 Å². The van der Waals surface area contributed by atoms with Crippen LogP contribution in [0.3, 0.4) is 0 Å². The summed E-state index contributed by atoms with van der Waals surface area (Å²) in [5, 5.41) is 22.9. The van der Waals surface area contributed by atoms with Crippen LogP contribution >= 0.6 is 23.2 Å². The minimum atomic E-state index is -4.29. The summed E-state index contributed by atoms with van der Waals surface area (Å²) in [6, 6.07) is 18.3. The van der Waals surface area contributed by atoms with Gasteiger partial charge >= 0.3 is 0 Å². The van der Waals surface area contributed by atoms with Crippen molar-refractivity contribution in [3.63, 3.8) is 0 Å². The first-order valence-corrected chi connectivity index (χ1v) is 13.6. The van der Waals surface area contributed by atoms with Gasteiger partial charge in [0.05, 0.1) is 17.1 Å². The summed E-state index contributed by atoms with van der Waals surface area (Å²) in [5.41, 5.74) is 2.03. The summed E-state index contributed by atoms with van der Waals surface area (Å²) in [4.78, 5) is 1.76. The van der Waals surface area contributed by atoms with E-state index in [1.165, 1.54) is 18.2 Å². The van der Waals surface area contributed by atoms with Gasteiger partial charge in [0.2, 0.25) is 0 Å². The van der Waals surface area contributed by atoms with Gasteiger partial charge in [-0.15, -0.1) is 0 Å². The van der Waals surface area contributed by atoms with Crippen molar-refractivity contribution in [2.75, 3.05) is 19.6 Å². The van der Waals surface area contributed by atoms with Crippen LogP contribution in [0.1, 0.15) is 35.3 Å². The lowest BCUT2D eigenvalue weighted by Crippen LogP contribution is -2.41. The molecule has 0 aromatic heterocycles. The molecule has 4 rings (SSSR count). The van der Waals surface area contributed by atoms with Crippen LogP contribution in [0.2, 0.25) is 10.0 Å². The van der Waals surface area contributed by atoms with Gasteiger partial charge in [0.15, 0.2) is 0 Å². The fourth-order valence-electron chi connectivity index (χ4n) is 4.35. The fourth-order valence-corrected chi connectivity index (χ4v) is 5.28. The third-order valence-electron chi connectivity index (χ3n) is 6.15. The summed E-state index contributed by atoms with van der Waals surface area (Å²) in [5.74, 6) is 0.546. The second-order valence-corrected chi connectivity index (χ2v) is 11.2. The molecule has 1 aliphatic rings. The molecule has 3 aromatic rings. The SMILES string of the molecule is O=S(=O)(O)c1ccc2c(c1)CCC(CN(C[C@@H](O)c1cccc(Cl)c1)C[C@@H](O)c1cccc(Cl)c1)O2. The molecule has 1 unspecified atom stereocenters. The van der Waals surface area contributed by atoms with Gasteiger partial charge in [-0.3, -0.25) is 9.45 Å². The van der Waals surface area contributed by atoms with E-state index in [-0.39, 0.29) is 24.1 Å². The van der Waals surface area contributed by atoms with Crippen LogP contribution < -0.4 is 4.74 Å². The van der Waals surface area contributed by atoms with E-state index < -0.39 is 22.3 Å². The van der Waals surface area contributed by atoms with E-state index >= 15 is 0 Å². The Kier molecular flexibility index (Phi) is 8.57. The highest BCUT2D eigenvalue weighted by atomic mass is 35.5. The lowest BCUT2D eigenvalue weighted by Gasteiger charge is -2.33. The number of halogens is 2. The molecule has 0 amide bonds. The molecule has 3 atom stereocenters. The summed E-state index contributed by atoms with van der Waals surface area (Å²) < 4.78 is 38.3. The zero-order chi connectivity index (χ0) is 25.9. The van der Waals surface area contributed by atoms with Crippen LogP contribution in [0.5, 0.6) is 5.75 Å². The van der Waals surface area contributed by atoms with Crippen molar-refractivity contribution in [3.05, 3.63) is 93.5 Å². The van der Waals surface area contributed by atoms with E-state index in [1.54, 1.807) is 48.5 Å². The Morgan fingerprint density at radius 3 is 2.03 bits per heavy atom. The maximum absolute atomic E-state index is 11.5. The molecular formula is C26H27Cl2NO6S. The van der Waals surface area contributed by atoms with Crippen LogP contribution in [0.4, 0.5) is 0 Å². The van der Waals surface area contributed by atoms with Crippen LogP contribution in [0.15, 0.2) is 71.6 Å². The van der Waals surface area contributed by atoms with Gasteiger partial charge in [-0.05, 0) is 72.0 Å². The number of aliphatic hydroxyl groups excluding tert-OH is 2. The van der Waals surface area contributed by atoms with Crippen LogP contribution in [-0.4, -0.2) is 53.8 Å². The van der Waals surface area contributed by atoms with Crippen molar-refractivity contribution in [2.24, 2.45) is 0 Å². The lowest BCUT2D eigenvalue weighted by atomic mass is 10.0. The van der Waals surface area contributed by atoms with E-state index in [0.29, 0.717) is 51.9 Å². The largest absolute Gasteiger partial charge is 0.489 e. The Morgan fingerprint density at radius 2 is 1.50 bits per heavy atom. The number of benzene rings is 3. The third-order valence-corrected chi connectivity index (χ3v) is 7.47. The number of hydrogen-bond donors (Lipinski definition) is 3. The first kappa shape index (κ1) is 26.9. The molecular weight excluding hydrogens is 525 g/mol. The zero-order valence-corrected chi connectivity index (χ0v) is 21.6. The smallest absolute Gasteiger partial charge is 0.294 e. The minimum absolute atomic E-state index is 0.167. The molecule has 36 heavy (non-hydrogen) atoms. The Morgan fingerprint density at radius 1 is 0.917 bits per heavy atom. The quantitative estimate of drug-likeness (QED) is 0.331. The second kappa shape index (κ2) is 11.5. The van der Waals surface area contributed by atoms with Crippen molar-refractivity contribution >= 4 is 33.3 Å². The Hall–Kier alpha value is -2.17. The number of nitrogens with zero attached hydrogens (tertiary/aromatic N) is 1. The standard InChI is InChI=1S/C26H27Cl2NO6S/c27-20-5-1-3-17(11-20)24(30)15-29(16-25(31)18-4-2-6-21(28)12-18)14-22-8-7-19-13-23(36(32,33)34)9-10-26(19)35-22/h1-6,9-13,22,24-25,30-31H,7-8,14-16H2,(H,32,33,34)/t22?,24-,25-/m1/s1. The van der Waals surface area contributed by atoms with Crippen LogP contribution in [0.25, 0.3) is 0 Å². The van der Waals surface area contributed by atoms with Gasteiger partial charge in [-0.1, -0.05) is 47.5 Å². The van der Waals surface area contributed by atoms with Gasteiger partial charge in [0, 0.05) is 29.7 Å². The van der Waals surface area contributed by atoms with Gasteiger partial charge in [0.25, 0.3) is 10.1 Å². The van der Waals surface area contributed by atoms with Crippen LogP contribution in [0, 0.1) is 0 Å². The maximum atomic E-state index is 11.5. The summed E-state index contributed by atoms with van der Waals surface area (Å²) >= 11 is 12.2. The first-order valence-electron chi connectivity index (χ1n) is 11.4. The molecule has 1 aliphatic heterocycles. The van der Waals surface area contributed by atoms with Crippen molar-refractivity contribution in [3.8, 4) is 5.75 Å². The average molecular weight is 552 g/mol. The van der Waals surface area contributed by atoms with E-state index in [9.17, 15) is 23.2 Å². The molecule has 0 spiro atoms. The topological polar surface area (TPSA) is 107 Å². The number of fused-ring (bicyclic) bond motifs is 1. The zero-order valence-electron chi connectivity index (χ0n) is 19.3. The lowest BCUT2D eigenvalue weighted by molar-refractivity contribution is 0.0388. The van der Waals surface area contributed by atoms with Gasteiger partial charge < -0.3 is 14.9 Å². The number of aryl methyl sites for hydroxylation is 1. The molecule has 0 saturated carbocycles. The number of ether oxygens (including phenoxy) is 1. The fraction of sp³-hybridized carbons (Fsp3) is 0.308. The highest BCUT2D eigenvalue weighted by Gasteiger charge is 2.26. The Labute approximate surface area is 220 Å². The highest BCUT2D eigenvalue weighted by Crippen LogP contribution is 2.31. The molecule has 0 bridgehead atoms. The normalized spacial score (nSPS) is 17.3. The summed E-state index contributed by atoms with van der Waals surface area (Å²) in [6.07, 6.45) is -0.789. The average Bonchev–Trinajstić information content (AvgIpc) is 2.83. The molecule has 0 saturated heterocycles. The van der Waals surface area contributed by atoms with E-state index in [2.05, 4.69) is 0 Å². The second-order valence-electron chi connectivity index (χ2n) is 8.88. The molecule has 3 N–H and O–H groups in total. The molecule has 192 valence electrons. The van der Waals surface area contributed by atoms with E-state index in [0.717, 1.165) is 0 Å². The molecule has 7 nitrogen and oxygen atoms in total. The molecule has 3 aromatic carbocycles. The van der Waals surface area contributed by atoms with Crippen LogP contribution in [-0.2, 0) is 16.5 Å². The number of hydrogen-bond acceptors (Lipinski definition) is 6. The molecule has 0 aliphatic carbocycles. The van der Waals surface area contributed by atoms with Gasteiger partial charge in [-0.25, -0.2) is 0 Å². The third kappa shape index (κ3) is 6.98. The predicted molar refractivity (Wildman–Crippen MR) is 138 cm³/mol. The van der Waals surface area contributed by atoms with E-state index in [1.807, 2.05) is 4.90 Å². The Balaban J connectivity index is 1.51. The van der Waals surface area contributed by atoms with Gasteiger partial charge in [0.1, 0.15) is 11.9 Å². The number of rotatable bonds is 9. The molecule has 1 heterocycles. The van der Waals surface area contributed by atoms with Gasteiger partial charge in [-0.2, -0.15) is 8.42 Å².